The number of carbonyl (C=O) groups is 2. The first-order valence-electron chi connectivity index (χ1n) is 8.89. The number of hydrogen-bond acceptors (Lipinski definition) is 4. The Labute approximate surface area is 176 Å². The Kier molecular flexibility index (Phi) is 7.26. The van der Waals surface area contributed by atoms with Crippen molar-refractivity contribution in [1.82, 2.24) is 9.80 Å². The number of nitrogens with one attached hydrogen (secondary N) is 1. The molecular formula is C20H24ClN3O4S. The van der Waals surface area contributed by atoms with Crippen LogP contribution in [-0.4, -0.2) is 56.9 Å². The summed E-state index contributed by atoms with van der Waals surface area (Å²) < 4.78 is 25.3. The third-order valence-electron chi connectivity index (χ3n) is 4.16. The standard InChI is InChI=1S/C20H24ClN3O4S/c1-5-24(13-14-6-8-15(9-7-14)19(25)23(2)3)20(26)16-10-11-17(21)18(12-16)22-29(4,27)28/h6-12,22H,5,13H2,1-4H3. The number of halogens is 1. The van der Waals surface area contributed by atoms with Gasteiger partial charge < -0.3 is 9.80 Å². The second-order valence-electron chi connectivity index (χ2n) is 6.78. The normalized spacial score (nSPS) is 11.1. The molecule has 0 atom stereocenters. The predicted molar refractivity (Wildman–Crippen MR) is 115 cm³/mol. The van der Waals surface area contributed by atoms with Crippen molar-refractivity contribution < 1.29 is 18.0 Å². The number of amides is 2. The molecule has 2 amide bonds. The third-order valence-corrected chi connectivity index (χ3v) is 5.08. The number of sulfonamides is 1. The number of benzene rings is 2. The summed E-state index contributed by atoms with van der Waals surface area (Å²) >= 11 is 6.03. The third kappa shape index (κ3) is 6.20. The summed E-state index contributed by atoms with van der Waals surface area (Å²) in [5.41, 5.74) is 1.92. The van der Waals surface area contributed by atoms with Gasteiger partial charge >= 0.3 is 0 Å². The molecule has 2 rings (SSSR count). The maximum absolute atomic E-state index is 12.9. The lowest BCUT2D eigenvalue weighted by molar-refractivity contribution is 0.0751. The van der Waals surface area contributed by atoms with Crippen molar-refractivity contribution in [2.75, 3.05) is 31.6 Å². The van der Waals surface area contributed by atoms with E-state index in [-0.39, 0.29) is 22.5 Å². The van der Waals surface area contributed by atoms with E-state index in [4.69, 9.17) is 11.6 Å². The summed E-state index contributed by atoms with van der Waals surface area (Å²) in [7, 11) is -0.150. The Balaban J connectivity index is 2.21. The van der Waals surface area contributed by atoms with E-state index >= 15 is 0 Å². The molecular weight excluding hydrogens is 414 g/mol. The van der Waals surface area contributed by atoms with Gasteiger partial charge in [-0.2, -0.15) is 0 Å². The van der Waals surface area contributed by atoms with Gasteiger partial charge in [-0.1, -0.05) is 23.7 Å². The fraction of sp³-hybridized carbons (Fsp3) is 0.300. The van der Waals surface area contributed by atoms with Crippen molar-refractivity contribution in [2.45, 2.75) is 13.5 Å². The summed E-state index contributed by atoms with van der Waals surface area (Å²) in [5, 5.41) is 0.205. The number of anilines is 1. The molecule has 9 heteroatoms. The molecule has 2 aromatic rings. The van der Waals surface area contributed by atoms with E-state index in [0.29, 0.717) is 24.2 Å². The van der Waals surface area contributed by atoms with Gasteiger partial charge in [0.2, 0.25) is 10.0 Å². The molecule has 7 nitrogen and oxygen atoms in total. The van der Waals surface area contributed by atoms with Crippen LogP contribution in [0.15, 0.2) is 42.5 Å². The Hall–Kier alpha value is -2.58. The summed E-state index contributed by atoms with van der Waals surface area (Å²) in [6.45, 7) is 2.66. The summed E-state index contributed by atoms with van der Waals surface area (Å²) in [5.74, 6) is -0.346. The van der Waals surface area contributed by atoms with E-state index < -0.39 is 10.0 Å². The number of nitrogens with zero attached hydrogens (tertiary/aromatic N) is 2. The van der Waals surface area contributed by atoms with Crippen LogP contribution in [0.4, 0.5) is 5.69 Å². The topological polar surface area (TPSA) is 86.8 Å². The molecule has 156 valence electrons. The van der Waals surface area contributed by atoms with E-state index in [0.717, 1.165) is 11.8 Å². The van der Waals surface area contributed by atoms with Crippen molar-refractivity contribution in [3.8, 4) is 0 Å². The van der Waals surface area contributed by atoms with Crippen LogP contribution in [0.5, 0.6) is 0 Å². The number of carbonyl (C=O) groups excluding carboxylic acids is 2. The molecule has 0 aliphatic rings. The monoisotopic (exact) mass is 437 g/mol. The van der Waals surface area contributed by atoms with Gasteiger partial charge in [-0.05, 0) is 42.8 Å². The van der Waals surface area contributed by atoms with Crippen molar-refractivity contribution in [1.29, 1.82) is 0 Å². The molecule has 1 N–H and O–H groups in total. The van der Waals surface area contributed by atoms with Crippen LogP contribution in [0.3, 0.4) is 0 Å². The maximum Gasteiger partial charge on any atom is 0.254 e. The number of hydrogen-bond donors (Lipinski definition) is 1. The largest absolute Gasteiger partial charge is 0.345 e. The molecule has 0 spiro atoms. The molecule has 0 bridgehead atoms. The van der Waals surface area contributed by atoms with Crippen LogP contribution < -0.4 is 4.72 Å². The number of rotatable bonds is 7. The zero-order chi connectivity index (χ0) is 21.8. The predicted octanol–water partition coefficient (Wildman–Crippen LogP) is 3.08. The molecule has 0 radical (unpaired) electrons. The van der Waals surface area contributed by atoms with Crippen LogP contribution in [0.2, 0.25) is 5.02 Å². The lowest BCUT2D eigenvalue weighted by Gasteiger charge is -2.22. The summed E-state index contributed by atoms with van der Waals surface area (Å²) in [6.07, 6.45) is 1.01. The molecule has 0 fully saturated rings. The fourth-order valence-corrected chi connectivity index (χ4v) is 3.47. The average molecular weight is 438 g/mol. The molecule has 29 heavy (non-hydrogen) atoms. The second kappa shape index (κ2) is 9.28. The zero-order valence-corrected chi connectivity index (χ0v) is 18.3. The summed E-state index contributed by atoms with van der Waals surface area (Å²) in [4.78, 5) is 28.0. The van der Waals surface area contributed by atoms with Crippen LogP contribution in [-0.2, 0) is 16.6 Å². The Morgan fingerprint density at radius 2 is 1.59 bits per heavy atom. The van der Waals surface area contributed by atoms with Gasteiger partial charge in [-0.25, -0.2) is 8.42 Å². The molecule has 0 unspecified atom stereocenters. The SMILES string of the molecule is CCN(Cc1ccc(C(=O)N(C)C)cc1)C(=O)c1ccc(Cl)c(NS(C)(=O)=O)c1. The summed E-state index contributed by atoms with van der Waals surface area (Å²) in [6, 6.07) is 11.5. The van der Waals surface area contributed by atoms with Gasteiger partial charge in [0.25, 0.3) is 11.8 Å². The fourth-order valence-electron chi connectivity index (χ4n) is 2.68. The first-order chi connectivity index (χ1) is 13.5. The molecule has 0 heterocycles. The van der Waals surface area contributed by atoms with Gasteiger partial charge in [0.1, 0.15) is 0 Å². The first kappa shape index (κ1) is 22.7. The quantitative estimate of drug-likeness (QED) is 0.721. The molecule has 0 aromatic heterocycles. The maximum atomic E-state index is 12.9. The van der Waals surface area contributed by atoms with E-state index in [1.165, 1.54) is 17.0 Å². The molecule has 0 aliphatic carbocycles. The molecule has 0 aliphatic heterocycles. The van der Waals surface area contributed by atoms with Crippen LogP contribution in [0, 0.1) is 0 Å². The van der Waals surface area contributed by atoms with Crippen LogP contribution in [0.1, 0.15) is 33.2 Å². The highest BCUT2D eigenvalue weighted by Crippen LogP contribution is 2.25. The highest BCUT2D eigenvalue weighted by molar-refractivity contribution is 7.92. The van der Waals surface area contributed by atoms with Gasteiger partial charge in [0, 0.05) is 38.3 Å². The molecule has 0 saturated heterocycles. The van der Waals surface area contributed by atoms with Crippen LogP contribution >= 0.6 is 11.6 Å². The van der Waals surface area contributed by atoms with Crippen LogP contribution in [0.25, 0.3) is 0 Å². The van der Waals surface area contributed by atoms with Crippen molar-refractivity contribution in [2.24, 2.45) is 0 Å². The first-order valence-corrected chi connectivity index (χ1v) is 11.2. The van der Waals surface area contributed by atoms with E-state index in [9.17, 15) is 18.0 Å². The van der Waals surface area contributed by atoms with Gasteiger partial charge in [-0.3, -0.25) is 14.3 Å². The highest BCUT2D eigenvalue weighted by atomic mass is 35.5. The van der Waals surface area contributed by atoms with Gasteiger partial charge in [0.15, 0.2) is 0 Å². The van der Waals surface area contributed by atoms with Crippen molar-refractivity contribution in [3.63, 3.8) is 0 Å². The lowest BCUT2D eigenvalue weighted by atomic mass is 10.1. The average Bonchev–Trinajstić information content (AvgIpc) is 2.66. The Bertz CT molecular complexity index is 1000. The van der Waals surface area contributed by atoms with Gasteiger partial charge in [-0.15, -0.1) is 0 Å². The highest BCUT2D eigenvalue weighted by Gasteiger charge is 2.17. The van der Waals surface area contributed by atoms with Crippen molar-refractivity contribution >= 4 is 39.1 Å². The molecule has 2 aromatic carbocycles. The Morgan fingerprint density at radius 3 is 2.10 bits per heavy atom. The van der Waals surface area contributed by atoms with Gasteiger partial charge in [0.05, 0.1) is 17.0 Å². The minimum atomic E-state index is -3.52. The van der Waals surface area contributed by atoms with E-state index in [1.807, 2.05) is 19.1 Å². The lowest BCUT2D eigenvalue weighted by Crippen LogP contribution is -2.30. The minimum absolute atomic E-state index is 0.0907. The second-order valence-corrected chi connectivity index (χ2v) is 8.94. The zero-order valence-electron chi connectivity index (χ0n) is 16.8. The van der Waals surface area contributed by atoms with Crippen molar-refractivity contribution in [3.05, 3.63) is 64.2 Å². The minimum Gasteiger partial charge on any atom is -0.345 e. The Morgan fingerprint density at radius 1 is 1.00 bits per heavy atom. The van der Waals surface area contributed by atoms with E-state index in [2.05, 4.69) is 4.72 Å². The van der Waals surface area contributed by atoms with E-state index in [1.54, 1.807) is 37.2 Å². The molecule has 0 saturated carbocycles. The smallest absolute Gasteiger partial charge is 0.254 e.